The van der Waals surface area contributed by atoms with Gasteiger partial charge in [-0.3, -0.25) is 4.99 Å². The van der Waals surface area contributed by atoms with Crippen molar-refractivity contribution in [3.8, 4) is 0 Å². The van der Waals surface area contributed by atoms with Gasteiger partial charge in [0.15, 0.2) is 5.96 Å². The molecule has 1 aromatic heterocycles. The van der Waals surface area contributed by atoms with Gasteiger partial charge < -0.3 is 10.6 Å². The van der Waals surface area contributed by atoms with Crippen LogP contribution in [0.2, 0.25) is 0 Å². The number of hydrogen-bond donors (Lipinski definition) is 2. The number of rotatable bonds is 4. The van der Waals surface area contributed by atoms with Crippen molar-refractivity contribution in [2.75, 3.05) is 13.6 Å². The molecule has 4 nitrogen and oxygen atoms in total. The Balaban J connectivity index is 0.00000324. The molecule has 0 aliphatic heterocycles. The smallest absolute Gasteiger partial charge is 0.356 e. The van der Waals surface area contributed by atoms with E-state index in [1.54, 1.807) is 6.20 Å². The first-order valence-corrected chi connectivity index (χ1v) is 6.15. The first-order chi connectivity index (χ1) is 8.40. The topological polar surface area (TPSA) is 49.3 Å². The second kappa shape index (κ2) is 8.56. The average Bonchev–Trinajstić information content (AvgIpc) is 2.67. The Bertz CT molecular complexity index is 406. The molecule has 1 heterocycles. The molecule has 0 aliphatic carbocycles. The number of guanidine groups is 1. The largest absolute Gasteiger partial charge is 0.390 e. The monoisotopic (exact) mass is 408 g/mol. The van der Waals surface area contributed by atoms with Crippen molar-refractivity contribution in [1.29, 1.82) is 0 Å². The van der Waals surface area contributed by atoms with Crippen LogP contribution in [0.5, 0.6) is 0 Å². The van der Waals surface area contributed by atoms with Gasteiger partial charge in [0, 0.05) is 24.7 Å². The summed E-state index contributed by atoms with van der Waals surface area (Å²) in [5.74, 6) is 0.352. The Morgan fingerprint density at radius 1 is 1.42 bits per heavy atom. The van der Waals surface area contributed by atoms with Crippen LogP contribution in [-0.2, 0) is 6.54 Å². The van der Waals surface area contributed by atoms with E-state index in [-0.39, 0.29) is 30.5 Å². The molecule has 0 unspecified atom stereocenters. The van der Waals surface area contributed by atoms with Gasteiger partial charge >= 0.3 is 6.18 Å². The maximum absolute atomic E-state index is 12.0. The van der Waals surface area contributed by atoms with E-state index in [0.29, 0.717) is 12.5 Å². The van der Waals surface area contributed by atoms with E-state index >= 15 is 0 Å². The van der Waals surface area contributed by atoms with Gasteiger partial charge in [-0.15, -0.1) is 35.3 Å². The lowest BCUT2D eigenvalue weighted by molar-refractivity contribution is -0.132. The molecule has 0 saturated carbocycles. The molecule has 0 amide bonds. The maximum Gasteiger partial charge on any atom is 0.390 e. The van der Waals surface area contributed by atoms with E-state index in [1.807, 2.05) is 6.92 Å². The number of hydrogen-bond acceptors (Lipinski definition) is 3. The summed E-state index contributed by atoms with van der Waals surface area (Å²) in [6, 6.07) is 0. The maximum atomic E-state index is 12.0. The van der Waals surface area contributed by atoms with Crippen molar-refractivity contribution < 1.29 is 13.2 Å². The van der Waals surface area contributed by atoms with Crippen LogP contribution in [0.1, 0.15) is 16.3 Å². The van der Waals surface area contributed by atoms with Gasteiger partial charge in [0.25, 0.3) is 0 Å². The molecule has 2 N–H and O–H groups in total. The third kappa shape index (κ3) is 8.24. The fourth-order valence-corrected chi connectivity index (χ4v) is 1.94. The summed E-state index contributed by atoms with van der Waals surface area (Å²) in [5, 5.41) is 6.48. The van der Waals surface area contributed by atoms with E-state index < -0.39 is 12.6 Å². The van der Waals surface area contributed by atoms with Crippen LogP contribution in [0.3, 0.4) is 0 Å². The molecule has 0 aromatic carbocycles. The third-order valence-corrected chi connectivity index (χ3v) is 2.94. The Kier molecular flexibility index (Phi) is 8.30. The molecule has 0 bridgehead atoms. The molecule has 0 fully saturated rings. The normalized spacial score (nSPS) is 11.9. The Labute approximate surface area is 130 Å². The lowest BCUT2D eigenvalue weighted by atomic mass is 10.4. The third-order valence-electron chi connectivity index (χ3n) is 2.02. The Morgan fingerprint density at radius 2 is 2.11 bits per heavy atom. The van der Waals surface area contributed by atoms with E-state index in [9.17, 15) is 13.2 Å². The molecule has 0 saturated heterocycles. The summed E-state index contributed by atoms with van der Waals surface area (Å²) in [6.07, 6.45) is -3.30. The summed E-state index contributed by atoms with van der Waals surface area (Å²) >= 11 is 1.53. The van der Waals surface area contributed by atoms with Crippen molar-refractivity contribution in [3.63, 3.8) is 0 Å². The fraction of sp³-hybridized carbons (Fsp3) is 0.600. The van der Waals surface area contributed by atoms with Crippen LogP contribution >= 0.6 is 35.3 Å². The molecule has 0 spiro atoms. The van der Waals surface area contributed by atoms with E-state index in [4.69, 9.17) is 0 Å². The van der Waals surface area contributed by atoms with Crippen LogP contribution in [0.15, 0.2) is 11.2 Å². The number of aryl methyl sites for hydroxylation is 1. The lowest BCUT2D eigenvalue weighted by Gasteiger charge is -2.12. The van der Waals surface area contributed by atoms with Gasteiger partial charge in [-0.1, -0.05) is 0 Å². The van der Waals surface area contributed by atoms with E-state index in [0.717, 1.165) is 9.88 Å². The van der Waals surface area contributed by atoms with Crippen molar-refractivity contribution in [2.45, 2.75) is 26.1 Å². The molecule has 9 heteroatoms. The zero-order valence-corrected chi connectivity index (χ0v) is 13.7. The number of thiazole rings is 1. The summed E-state index contributed by atoms with van der Waals surface area (Å²) in [4.78, 5) is 8.93. The minimum atomic E-state index is -4.15. The van der Waals surface area contributed by atoms with Gasteiger partial charge in [-0.25, -0.2) is 4.98 Å². The zero-order chi connectivity index (χ0) is 13.6. The highest BCUT2D eigenvalue weighted by Crippen LogP contribution is 2.18. The van der Waals surface area contributed by atoms with Crippen LogP contribution in [0.4, 0.5) is 13.2 Å². The van der Waals surface area contributed by atoms with E-state index in [2.05, 4.69) is 20.6 Å². The minimum absolute atomic E-state index is 0. The standard InChI is InChI=1S/C10H15F3N4S.HI/c1-7-16-5-8(18-7)6-17-9(14-2)15-4-3-10(11,12)13;/h5H,3-4,6H2,1-2H3,(H2,14,15,17);1H. The van der Waals surface area contributed by atoms with Crippen molar-refractivity contribution in [1.82, 2.24) is 15.6 Å². The SMILES string of the molecule is CN=C(NCCC(F)(F)F)NCc1cnc(C)s1.I. The molecule has 0 atom stereocenters. The quantitative estimate of drug-likeness (QED) is 0.458. The molecule has 1 rings (SSSR count). The van der Waals surface area contributed by atoms with Crippen LogP contribution in [0, 0.1) is 6.92 Å². The van der Waals surface area contributed by atoms with Crippen LogP contribution in [-0.4, -0.2) is 30.7 Å². The number of aliphatic imine (C=N–C) groups is 1. The highest BCUT2D eigenvalue weighted by molar-refractivity contribution is 14.0. The second-order valence-corrected chi connectivity index (χ2v) is 4.88. The highest BCUT2D eigenvalue weighted by atomic mass is 127. The number of halogens is 4. The van der Waals surface area contributed by atoms with Crippen molar-refractivity contribution in [3.05, 3.63) is 16.1 Å². The van der Waals surface area contributed by atoms with Crippen LogP contribution in [0.25, 0.3) is 0 Å². The molecule has 0 aliphatic rings. The second-order valence-electron chi connectivity index (χ2n) is 3.56. The van der Waals surface area contributed by atoms with E-state index in [1.165, 1.54) is 18.4 Å². The van der Waals surface area contributed by atoms with Crippen molar-refractivity contribution >= 4 is 41.3 Å². The van der Waals surface area contributed by atoms with Gasteiger partial charge in [0.1, 0.15) is 0 Å². The summed E-state index contributed by atoms with van der Waals surface area (Å²) in [5.41, 5.74) is 0. The van der Waals surface area contributed by atoms with Gasteiger partial charge in [-0.2, -0.15) is 13.2 Å². The Hall–Kier alpha value is -0.580. The minimum Gasteiger partial charge on any atom is -0.356 e. The van der Waals surface area contributed by atoms with Gasteiger partial charge in [0.05, 0.1) is 18.0 Å². The van der Waals surface area contributed by atoms with Crippen LogP contribution < -0.4 is 10.6 Å². The predicted octanol–water partition coefficient (Wildman–Crippen LogP) is 2.69. The number of nitrogens with zero attached hydrogens (tertiary/aromatic N) is 2. The number of nitrogens with one attached hydrogen (secondary N) is 2. The molecular formula is C10H16F3IN4S. The first kappa shape index (κ1) is 18.4. The molecule has 0 radical (unpaired) electrons. The number of aromatic nitrogens is 1. The van der Waals surface area contributed by atoms with Crippen molar-refractivity contribution in [2.24, 2.45) is 4.99 Å². The molecule has 19 heavy (non-hydrogen) atoms. The summed E-state index contributed by atoms with van der Waals surface area (Å²) in [6.45, 7) is 2.20. The molecular weight excluding hydrogens is 392 g/mol. The Morgan fingerprint density at radius 3 is 2.58 bits per heavy atom. The summed E-state index contributed by atoms with van der Waals surface area (Å²) < 4.78 is 35.9. The first-order valence-electron chi connectivity index (χ1n) is 5.33. The molecule has 110 valence electrons. The van der Waals surface area contributed by atoms with Gasteiger partial charge in [-0.05, 0) is 6.92 Å². The average molecular weight is 408 g/mol. The zero-order valence-electron chi connectivity index (χ0n) is 10.5. The van der Waals surface area contributed by atoms with Gasteiger partial charge in [0.2, 0.25) is 0 Å². The number of alkyl halides is 3. The summed E-state index contributed by atoms with van der Waals surface area (Å²) in [7, 11) is 1.51. The molecule has 1 aromatic rings. The predicted molar refractivity (Wildman–Crippen MR) is 81.1 cm³/mol. The highest BCUT2D eigenvalue weighted by Gasteiger charge is 2.26. The fourth-order valence-electron chi connectivity index (χ4n) is 1.20. The lowest BCUT2D eigenvalue weighted by Crippen LogP contribution is -2.38.